The van der Waals surface area contributed by atoms with Crippen LogP contribution in [0, 0.1) is 5.92 Å². The first-order chi connectivity index (χ1) is 9.93. The van der Waals surface area contributed by atoms with Crippen LogP contribution in [-0.4, -0.2) is 39.9 Å². The number of halogens is 3. The Bertz CT molecular complexity index is 516. The van der Waals surface area contributed by atoms with Crippen LogP contribution in [0.5, 0.6) is 0 Å². The Kier molecular flexibility index (Phi) is 3.64. The third kappa shape index (κ3) is 3.37. The molecule has 2 aliphatic rings. The monoisotopic (exact) mass is 302 g/mol. The molecule has 1 amide bonds. The fourth-order valence-electron chi connectivity index (χ4n) is 2.71. The lowest BCUT2D eigenvalue weighted by Crippen LogP contribution is -2.39. The normalized spacial score (nSPS) is 21.5. The van der Waals surface area contributed by atoms with Crippen molar-refractivity contribution in [2.24, 2.45) is 5.92 Å². The first kappa shape index (κ1) is 14.4. The van der Waals surface area contributed by atoms with Crippen LogP contribution in [-0.2, 0) is 11.0 Å². The first-order valence-corrected chi connectivity index (χ1v) is 7.10. The van der Waals surface area contributed by atoms with Crippen molar-refractivity contribution in [3.63, 3.8) is 0 Å². The zero-order valence-corrected chi connectivity index (χ0v) is 11.4. The molecule has 0 unspecified atom stereocenters. The molecule has 8 heteroatoms. The van der Waals surface area contributed by atoms with E-state index in [-0.39, 0.29) is 17.8 Å². The minimum absolute atomic E-state index is 0.142. The molecule has 0 aromatic carbocycles. The van der Waals surface area contributed by atoms with Crippen LogP contribution in [0.3, 0.4) is 0 Å². The lowest BCUT2D eigenvalue weighted by molar-refractivity contribution is -0.140. The molecule has 0 radical (unpaired) electrons. The fraction of sp³-hybridized carbons (Fsp3) is 0.692. The van der Waals surface area contributed by atoms with Crippen LogP contribution in [0.2, 0.25) is 0 Å². The van der Waals surface area contributed by atoms with E-state index >= 15 is 0 Å². The Morgan fingerprint density at radius 3 is 2.48 bits per heavy atom. The summed E-state index contributed by atoms with van der Waals surface area (Å²) in [6.07, 6.45) is 0.175. The summed E-state index contributed by atoms with van der Waals surface area (Å²) >= 11 is 0. The van der Waals surface area contributed by atoms with Crippen molar-refractivity contribution in [1.29, 1.82) is 0 Å². The Morgan fingerprint density at radius 2 is 1.95 bits per heavy atom. The quantitative estimate of drug-likeness (QED) is 0.900. The molecule has 3 rings (SSSR count). The number of nitrogens with zero attached hydrogens (tertiary/aromatic N) is 2. The van der Waals surface area contributed by atoms with E-state index in [1.54, 1.807) is 0 Å². The van der Waals surface area contributed by atoms with Gasteiger partial charge in [0.2, 0.25) is 11.9 Å². The van der Waals surface area contributed by atoms with E-state index in [0.717, 1.165) is 25.9 Å². The summed E-state index contributed by atoms with van der Waals surface area (Å²) in [5.41, 5.74) is -0.957. The topological polar surface area (TPSA) is 61.0 Å². The Labute approximate surface area is 119 Å². The lowest BCUT2D eigenvalue weighted by Gasteiger charge is -2.31. The number of alkyl halides is 3. The van der Waals surface area contributed by atoms with E-state index in [2.05, 4.69) is 20.2 Å². The lowest BCUT2D eigenvalue weighted by atomic mass is 9.96. The number of hydrogen-bond acceptors (Lipinski definition) is 3. The predicted molar refractivity (Wildman–Crippen MR) is 69.5 cm³/mol. The number of amides is 1. The van der Waals surface area contributed by atoms with Gasteiger partial charge in [-0.1, -0.05) is 0 Å². The Balaban J connectivity index is 1.53. The van der Waals surface area contributed by atoms with Crippen molar-refractivity contribution >= 4 is 11.9 Å². The average Bonchev–Trinajstić information content (AvgIpc) is 3.17. The Morgan fingerprint density at radius 1 is 1.29 bits per heavy atom. The van der Waals surface area contributed by atoms with E-state index in [1.807, 2.05) is 0 Å². The second-order valence-corrected chi connectivity index (χ2v) is 5.67. The average molecular weight is 302 g/mol. The maximum Gasteiger partial charge on any atom is 0.432 e. The molecule has 1 saturated carbocycles. The van der Waals surface area contributed by atoms with Gasteiger partial charge in [0.05, 0.1) is 6.20 Å². The van der Waals surface area contributed by atoms with E-state index in [9.17, 15) is 18.0 Å². The van der Waals surface area contributed by atoms with Gasteiger partial charge in [-0.3, -0.25) is 10.1 Å². The second kappa shape index (κ2) is 5.32. The molecule has 0 bridgehead atoms. The van der Waals surface area contributed by atoms with Crippen LogP contribution in [0.25, 0.3) is 0 Å². The second-order valence-electron chi connectivity index (χ2n) is 5.67. The number of hydrogen-bond donors (Lipinski definition) is 2. The number of piperidine rings is 1. The molecule has 0 atom stereocenters. The maximum atomic E-state index is 12.4. The van der Waals surface area contributed by atoms with E-state index in [4.69, 9.17) is 0 Å². The molecule has 2 N–H and O–H groups in total. The molecule has 1 aliphatic heterocycles. The number of nitrogens with one attached hydrogen (secondary N) is 2. The molecule has 1 aromatic heterocycles. The van der Waals surface area contributed by atoms with Crippen molar-refractivity contribution in [3.05, 3.63) is 11.9 Å². The number of aromatic nitrogens is 2. The number of anilines is 1. The summed E-state index contributed by atoms with van der Waals surface area (Å²) in [5.74, 6) is -0.551. The van der Waals surface area contributed by atoms with Crippen LogP contribution in [0.15, 0.2) is 6.20 Å². The van der Waals surface area contributed by atoms with E-state index < -0.39 is 11.9 Å². The number of aromatic amines is 1. The molecular weight excluding hydrogens is 285 g/mol. The van der Waals surface area contributed by atoms with Crippen molar-refractivity contribution in [1.82, 2.24) is 14.9 Å². The van der Waals surface area contributed by atoms with Crippen molar-refractivity contribution in [2.75, 3.05) is 18.4 Å². The molecule has 116 valence electrons. The third-order valence-corrected chi connectivity index (χ3v) is 4.09. The van der Waals surface area contributed by atoms with Gasteiger partial charge in [-0.2, -0.15) is 13.2 Å². The molecular formula is C13H17F3N4O. The van der Waals surface area contributed by atoms with Crippen LogP contribution < -0.4 is 5.32 Å². The fourth-order valence-corrected chi connectivity index (χ4v) is 2.71. The minimum atomic E-state index is -4.48. The SMILES string of the molecule is O=C(Nc1ncc(C(F)(F)F)[nH]1)C1CCN(C2CC2)CC1. The molecule has 5 nitrogen and oxygen atoms in total. The number of H-pyrrole nitrogens is 1. The highest BCUT2D eigenvalue weighted by molar-refractivity contribution is 5.91. The van der Waals surface area contributed by atoms with Gasteiger partial charge in [0, 0.05) is 12.0 Å². The van der Waals surface area contributed by atoms with Gasteiger partial charge in [0.1, 0.15) is 5.69 Å². The standard InChI is InChI=1S/C13H17F3N4O/c14-13(15,16)10-7-17-12(18-10)19-11(21)8-3-5-20(6-4-8)9-1-2-9/h7-9H,1-6H2,(H2,17,18,19,21). The maximum absolute atomic E-state index is 12.4. The molecule has 2 fully saturated rings. The van der Waals surface area contributed by atoms with Gasteiger partial charge in [0.15, 0.2) is 0 Å². The summed E-state index contributed by atoms with van der Waals surface area (Å²) < 4.78 is 37.3. The highest BCUT2D eigenvalue weighted by Gasteiger charge is 2.35. The van der Waals surface area contributed by atoms with Crippen molar-refractivity contribution in [3.8, 4) is 0 Å². The number of likely N-dealkylation sites (tertiary alicyclic amines) is 1. The molecule has 1 aromatic rings. The zero-order chi connectivity index (χ0) is 15.0. The van der Waals surface area contributed by atoms with Crippen LogP contribution >= 0.6 is 0 Å². The van der Waals surface area contributed by atoms with Gasteiger partial charge >= 0.3 is 6.18 Å². The molecule has 2 heterocycles. The zero-order valence-electron chi connectivity index (χ0n) is 11.4. The summed E-state index contributed by atoms with van der Waals surface area (Å²) in [6.45, 7) is 1.77. The van der Waals surface area contributed by atoms with Gasteiger partial charge in [0.25, 0.3) is 0 Å². The van der Waals surface area contributed by atoms with Crippen LogP contribution in [0.1, 0.15) is 31.4 Å². The number of carbonyl (C=O) groups is 1. The van der Waals surface area contributed by atoms with Gasteiger partial charge in [-0.15, -0.1) is 0 Å². The summed E-state index contributed by atoms with van der Waals surface area (Å²) in [5, 5.41) is 2.44. The van der Waals surface area contributed by atoms with E-state index in [1.165, 1.54) is 12.8 Å². The smallest absolute Gasteiger partial charge is 0.320 e. The summed E-state index contributed by atoms with van der Waals surface area (Å²) in [4.78, 5) is 20.1. The first-order valence-electron chi connectivity index (χ1n) is 7.10. The molecule has 0 spiro atoms. The minimum Gasteiger partial charge on any atom is -0.320 e. The number of rotatable bonds is 3. The predicted octanol–water partition coefficient (Wildman–Crippen LogP) is 2.24. The third-order valence-electron chi connectivity index (χ3n) is 4.09. The molecule has 1 aliphatic carbocycles. The summed E-state index contributed by atoms with van der Waals surface area (Å²) in [6, 6.07) is 0.688. The summed E-state index contributed by atoms with van der Waals surface area (Å²) in [7, 11) is 0. The number of carbonyl (C=O) groups excluding carboxylic acids is 1. The molecule has 1 saturated heterocycles. The van der Waals surface area contributed by atoms with E-state index in [0.29, 0.717) is 12.2 Å². The van der Waals surface area contributed by atoms with Crippen LogP contribution in [0.4, 0.5) is 19.1 Å². The van der Waals surface area contributed by atoms with Gasteiger partial charge in [-0.05, 0) is 38.8 Å². The van der Waals surface area contributed by atoms with Gasteiger partial charge in [-0.25, -0.2) is 4.98 Å². The Hall–Kier alpha value is -1.57. The highest BCUT2D eigenvalue weighted by atomic mass is 19.4. The molecule has 21 heavy (non-hydrogen) atoms. The van der Waals surface area contributed by atoms with Gasteiger partial charge < -0.3 is 9.88 Å². The highest BCUT2D eigenvalue weighted by Crippen LogP contribution is 2.31. The largest absolute Gasteiger partial charge is 0.432 e. The van der Waals surface area contributed by atoms with Crippen molar-refractivity contribution in [2.45, 2.75) is 37.9 Å². The van der Waals surface area contributed by atoms with Crippen molar-refractivity contribution < 1.29 is 18.0 Å². The number of imidazole rings is 1.